The van der Waals surface area contributed by atoms with Gasteiger partial charge >= 0.3 is 61.6 Å². The Labute approximate surface area is 201 Å². The molecule has 31 heavy (non-hydrogen) atoms. The second kappa shape index (κ2) is 19.8. The first-order valence-electron chi connectivity index (χ1n) is 6.30. The average molecular weight is 494 g/mol. The minimum Gasteiger partial charge on any atom is -0.550 e. The quantitative estimate of drug-likeness (QED) is 0.153. The minimum atomic E-state index is -2.86. The first-order chi connectivity index (χ1) is 11.6. The Morgan fingerprint density at radius 3 is 0.871 bits per heavy atom. The molecule has 0 fully saturated rings. The van der Waals surface area contributed by atoms with Crippen LogP contribution in [-0.2, 0) is 28.8 Å². The molecule has 0 bridgehead atoms. The predicted molar refractivity (Wildman–Crippen MR) is 89.1 cm³/mol. The number of rotatable bonds is 10. The first kappa shape index (κ1) is 46.9. The smallest absolute Gasteiger partial charge is 0.550 e. The molecule has 0 aromatic heterocycles. The summed E-state index contributed by atoms with van der Waals surface area (Å²) >= 11 is 0. The second-order valence-electron chi connectivity index (χ2n) is 4.91. The summed E-state index contributed by atoms with van der Waals surface area (Å²) in [6.07, 6.45) is -4.88. The molecule has 0 amide bonds. The number of aliphatic carboxylic acids is 6. The van der Waals surface area contributed by atoms with E-state index in [1.165, 1.54) is 0 Å². The number of hydrogen-bond acceptors (Lipinski definition) is 10. The summed E-state index contributed by atoms with van der Waals surface area (Å²) in [6.45, 7) is 0. The van der Waals surface area contributed by atoms with Crippen LogP contribution in [0.5, 0.6) is 0 Å². The summed E-state index contributed by atoms with van der Waals surface area (Å²) < 4.78 is 0. The third kappa shape index (κ3) is 20.9. The van der Waals surface area contributed by atoms with Gasteiger partial charge in [0.15, 0.2) is 11.2 Å². The van der Waals surface area contributed by atoms with Crippen LogP contribution >= 0.6 is 0 Å². The molecule has 0 heterocycles. The zero-order valence-electron chi connectivity index (χ0n) is 15.5. The van der Waals surface area contributed by atoms with Crippen molar-refractivity contribution in [1.82, 2.24) is 0 Å². The van der Waals surface area contributed by atoms with Gasteiger partial charge in [0, 0.05) is 24.8 Å². The fourth-order valence-electron chi connectivity index (χ4n) is 1.41. The topological polar surface area (TPSA) is 396 Å². The molecule has 0 rings (SSSR count). The Morgan fingerprint density at radius 1 is 0.548 bits per heavy atom. The Morgan fingerprint density at radius 2 is 0.742 bits per heavy atom. The van der Waals surface area contributed by atoms with Crippen molar-refractivity contribution >= 4 is 73.6 Å². The maximum atomic E-state index is 10.3. The Hall–Kier alpha value is -2.16. The van der Waals surface area contributed by atoms with Crippen LogP contribution in [0.4, 0.5) is 0 Å². The number of carbonyl (C=O) groups is 6. The van der Waals surface area contributed by atoms with Crippen LogP contribution < -0.4 is 10.2 Å². The molecule has 0 aromatic carbocycles. The first-order valence-corrected chi connectivity index (χ1v) is 6.30. The van der Waals surface area contributed by atoms with Crippen LogP contribution in [0, 0.1) is 0 Å². The Kier molecular flexibility index (Phi) is 29.9. The second-order valence-corrected chi connectivity index (χ2v) is 4.91. The monoisotopic (exact) mass is 494 g/mol. The van der Waals surface area contributed by atoms with Gasteiger partial charge in [0.25, 0.3) is 0 Å². The third-order valence-electron chi connectivity index (χ3n) is 2.56. The van der Waals surface area contributed by atoms with Crippen LogP contribution in [-0.4, -0.2) is 137 Å². The van der Waals surface area contributed by atoms with E-state index in [0.29, 0.717) is 0 Å². The van der Waals surface area contributed by atoms with E-state index in [-0.39, 0.29) is 59.6 Å². The van der Waals surface area contributed by atoms with Crippen molar-refractivity contribution in [2.75, 3.05) is 0 Å². The van der Waals surface area contributed by atoms with Gasteiger partial charge in [0.05, 0.1) is 12.8 Å². The summed E-state index contributed by atoms with van der Waals surface area (Å²) in [5, 5.41) is 71.0. The van der Waals surface area contributed by atoms with Crippen molar-refractivity contribution in [1.29, 1.82) is 0 Å². The molecular formula is C12H22CaO18. The SMILES string of the molecule is O.O.O.O.O=C(O)CC(O)(CC(=O)O)C(=O)O.O=C([O-])CC(O)(CC(=O)[O-])C(=O)O.[Ca+2]. The number of aliphatic hydroxyl groups is 2. The van der Waals surface area contributed by atoms with E-state index in [0.717, 1.165) is 0 Å². The largest absolute Gasteiger partial charge is 2.00 e. The molecule has 0 unspecified atom stereocenters. The van der Waals surface area contributed by atoms with Crippen molar-refractivity contribution in [2.24, 2.45) is 0 Å². The molecule has 0 atom stereocenters. The number of hydrogen-bond donors (Lipinski definition) is 6. The van der Waals surface area contributed by atoms with Crippen molar-refractivity contribution in [3.63, 3.8) is 0 Å². The van der Waals surface area contributed by atoms with Crippen LogP contribution in [0.2, 0.25) is 0 Å². The zero-order chi connectivity index (χ0) is 21.3. The van der Waals surface area contributed by atoms with Crippen LogP contribution in [0.25, 0.3) is 0 Å². The molecule has 14 N–H and O–H groups in total. The molecule has 0 aromatic rings. The fraction of sp³-hybridized carbons (Fsp3) is 0.500. The Bertz CT molecular complexity index is 516. The third-order valence-corrected chi connectivity index (χ3v) is 2.56. The van der Waals surface area contributed by atoms with Gasteiger partial charge in [-0.3, -0.25) is 9.59 Å². The van der Waals surface area contributed by atoms with Crippen molar-refractivity contribution in [2.45, 2.75) is 36.9 Å². The van der Waals surface area contributed by atoms with E-state index < -0.39 is 72.7 Å². The molecule has 0 saturated carbocycles. The van der Waals surface area contributed by atoms with Crippen LogP contribution in [0.1, 0.15) is 25.7 Å². The van der Waals surface area contributed by atoms with Gasteiger partial charge in [-0.15, -0.1) is 0 Å². The normalized spacial score (nSPS) is 9.10. The molecular weight excluding hydrogens is 472 g/mol. The van der Waals surface area contributed by atoms with Crippen LogP contribution in [0.15, 0.2) is 0 Å². The number of carboxylic acids is 6. The standard InChI is InChI=1S/2C6H8O7.Ca.4H2O/c2*7-3(8)1-6(13,5(11)12)2-4(9)10;;;;;/h2*13H,1-2H2,(H,7,8)(H,9,10)(H,11,12);;4*1H2/q;;+2;;;;/p-2. The van der Waals surface area contributed by atoms with Crippen molar-refractivity contribution in [3.05, 3.63) is 0 Å². The van der Waals surface area contributed by atoms with E-state index in [4.69, 9.17) is 30.6 Å². The van der Waals surface area contributed by atoms with Gasteiger partial charge < -0.3 is 72.3 Å². The maximum Gasteiger partial charge on any atom is 2.00 e. The van der Waals surface area contributed by atoms with E-state index in [1.54, 1.807) is 0 Å². The minimum absolute atomic E-state index is 0. The van der Waals surface area contributed by atoms with E-state index in [9.17, 15) is 39.0 Å². The fourth-order valence-corrected chi connectivity index (χ4v) is 1.41. The average Bonchev–Trinajstić information content (AvgIpc) is 2.34. The van der Waals surface area contributed by atoms with Crippen molar-refractivity contribution in [3.8, 4) is 0 Å². The van der Waals surface area contributed by atoms with Crippen molar-refractivity contribution < 1.29 is 91.5 Å². The summed E-state index contributed by atoms with van der Waals surface area (Å²) in [5.41, 5.74) is -5.60. The molecule has 0 spiro atoms. The molecule has 180 valence electrons. The van der Waals surface area contributed by atoms with Gasteiger partial charge in [-0.1, -0.05) is 0 Å². The van der Waals surface area contributed by atoms with Gasteiger partial charge in [0.1, 0.15) is 0 Å². The zero-order valence-corrected chi connectivity index (χ0v) is 17.7. The predicted octanol–water partition coefficient (Wildman–Crippen LogP) is -8.85. The summed E-state index contributed by atoms with van der Waals surface area (Å²) in [4.78, 5) is 60.7. The summed E-state index contributed by atoms with van der Waals surface area (Å²) in [7, 11) is 0. The van der Waals surface area contributed by atoms with E-state index in [1.807, 2.05) is 0 Å². The summed E-state index contributed by atoms with van der Waals surface area (Å²) in [6, 6.07) is 0. The van der Waals surface area contributed by atoms with E-state index in [2.05, 4.69) is 0 Å². The molecule has 19 heteroatoms. The van der Waals surface area contributed by atoms with Gasteiger partial charge in [0.2, 0.25) is 0 Å². The Balaban J connectivity index is -0.0000000640. The number of carbonyl (C=O) groups excluding carboxylic acids is 2. The van der Waals surface area contributed by atoms with Gasteiger partial charge in [-0.05, 0) is 0 Å². The molecule has 0 aliphatic rings. The molecule has 18 nitrogen and oxygen atoms in total. The molecule has 0 aliphatic carbocycles. The van der Waals surface area contributed by atoms with E-state index >= 15 is 0 Å². The maximum absolute atomic E-state index is 10.3. The van der Waals surface area contributed by atoms with Crippen LogP contribution in [0.3, 0.4) is 0 Å². The number of carboxylic acid groups (broad SMARTS) is 6. The molecule has 0 aliphatic heterocycles. The molecule has 0 saturated heterocycles. The van der Waals surface area contributed by atoms with Gasteiger partial charge in [-0.25, -0.2) is 9.59 Å². The summed E-state index contributed by atoms with van der Waals surface area (Å²) in [5.74, 6) is -10.7. The van der Waals surface area contributed by atoms with Gasteiger partial charge in [-0.2, -0.15) is 0 Å². The molecule has 0 radical (unpaired) electrons.